The molecule has 0 unspecified atom stereocenters. The molecule has 4 heteroatoms. The maximum Gasteiger partial charge on any atom is 0.119 e. The van der Waals surface area contributed by atoms with E-state index in [1.165, 1.54) is 0 Å². The molecule has 1 heterocycles. The number of ether oxygens (including phenoxy) is 1. The van der Waals surface area contributed by atoms with Crippen LogP contribution in [0.5, 0.6) is 5.75 Å². The summed E-state index contributed by atoms with van der Waals surface area (Å²) in [7, 11) is 1.66. The van der Waals surface area contributed by atoms with Gasteiger partial charge in [0.15, 0.2) is 0 Å². The molecule has 16 heavy (non-hydrogen) atoms. The van der Waals surface area contributed by atoms with Crippen molar-refractivity contribution in [2.45, 2.75) is 6.92 Å². The van der Waals surface area contributed by atoms with Crippen LogP contribution in [-0.2, 0) is 0 Å². The third-order valence-corrected chi connectivity index (χ3v) is 2.78. The van der Waals surface area contributed by atoms with Crippen LogP contribution in [0.1, 0.15) is 5.56 Å². The second kappa shape index (κ2) is 4.45. The molecule has 0 spiro atoms. The fraction of sp³-hybridized carbons (Fsp3) is 0.167. The Hall–Kier alpha value is -1.68. The van der Waals surface area contributed by atoms with Gasteiger partial charge in [0.05, 0.1) is 13.4 Å². The Balaban J connectivity index is 2.57. The highest BCUT2D eigenvalue weighted by Gasteiger charge is 2.05. The lowest BCUT2D eigenvalue weighted by Crippen LogP contribution is -1.90. The number of hydrogen-bond donors (Lipinski definition) is 1. The molecule has 0 saturated carbocycles. The maximum absolute atomic E-state index is 5.23. The van der Waals surface area contributed by atoms with E-state index in [2.05, 4.69) is 9.97 Å². The summed E-state index contributed by atoms with van der Waals surface area (Å²) >= 11 is 5.23. The van der Waals surface area contributed by atoms with E-state index in [0.29, 0.717) is 4.64 Å². The first kappa shape index (κ1) is 10.8. The molecule has 0 amide bonds. The molecule has 1 aromatic carbocycles. The molecule has 0 aliphatic carbocycles. The molecule has 1 aromatic heterocycles. The monoisotopic (exact) mass is 232 g/mol. The first-order valence-electron chi connectivity index (χ1n) is 4.90. The van der Waals surface area contributed by atoms with Crippen molar-refractivity contribution in [1.29, 1.82) is 0 Å². The van der Waals surface area contributed by atoms with Crippen molar-refractivity contribution in [3.05, 3.63) is 40.9 Å². The minimum atomic E-state index is 0.697. The number of methoxy groups -OCH3 is 1. The summed E-state index contributed by atoms with van der Waals surface area (Å²) in [6, 6.07) is 5.90. The zero-order valence-corrected chi connectivity index (χ0v) is 9.97. The Labute approximate surface area is 99.1 Å². The van der Waals surface area contributed by atoms with Crippen molar-refractivity contribution < 1.29 is 4.74 Å². The van der Waals surface area contributed by atoms with Crippen LogP contribution >= 0.6 is 12.2 Å². The molecule has 0 bridgehead atoms. The minimum Gasteiger partial charge on any atom is -0.497 e. The molecule has 2 aromatic rings. The third-order valence-electron chi connectivity index (χ3n) is 2.44. The lowest BCUT2D eigenvalue weighted by atomic mass is 10.0. The highest BCUT2D eigenvalue weighted by molar-refractivity contribution is 7.71. The normalized spacial score (nSPS) is 10.1. The second-order valence-corrected chi connectivity index (χ2v) is 3.88. The van der Waals surface area contributed by atoms with Gasteiger partial charge in [-0.3, -0.25) is 0 Å². The molecule has 0 atom stereocenters. The van der Waals surface area contributed by atoms with Gasteiger partial charge in [0.1, 0.15) is 10.4 Å². The van der Waals surface area contributed by atoms with E-state index in [-0.39, 0.29) is 0 Å². The number of nitrogens with one attached hydrogen (secondary N) is 1. The fourth-order valence-electron chi connectivity index (χ4n) is 1.60. The maximum atomic E-state index is 5.23. The van der Waals surface area contributed by atoms with E-state index in [9.17, 15) is 0 Å². The van der Waals surface area contributed by atoms with Gasteiger partial charge in [-0.15, -0.1) is 0 Å². The average molecular weight is 232 g/mol. The number of aromatic nitrogens is 2. The van der Waals surface area contributed by atoms with E-state index >= 15 is 0 Å². The Kier molecular flexibility index (Phi) is 3.01. The quantitative estimate of drug-likeness (QED) is 0.808. The summed E-state index contributed by atoms with van der Waals surface area (Å²) in [6.45, 7) is 2.03. The summed E-state index contributed by atoms with van der Waals surface area (Å²) in [6.07, 6.45) is 3.36. The van der Waals surface area contributed by atoms with Crippen molar-refractivity contribution >= 4 is 12.2 Å². The van der Waals surface area contributed by atoms with Gasteiger partial charge in [-0.1, -0.05) is 18.3 Å². The Morgan fingerprint density at radius 3 is 2.75 bits per heavy atom. The molecule has 0 fully saturated rings. The molecule has 0 radical (unpaired) electrons. The zero-order valence-electron chi connectivity index (χ0n) is 9.15. The lowest BCUT2D eigenvalue weighted by molar-refractivity contribution is 0.414. The van der Waals surface area contributed by atoms with Crippen LogP contribution < -0.4 is 4.74 Å². The molecule has 0 saturated heterocycles. The van der Waals surface area contributed by atoms with E-state index in [1.54, 1.807) is 19.6 Å². The SMILES string of the molecule is COc1ccc(-c2cnc[nH]c2=S)c(C)c1. The number of H-pyrrole nitrogens is 1. The summed E-state index contributed by atoms with van der Waals surface area (Å²) in [5.41, 5.74) is 3.14. The highest BCUT2D eigenvalue weighted by atomic mass is 32.1. The van der Waals surface area contributed by atoms with Crippen LogP contribution in [0.15, 0.2) is 30.7 Å². The van der Waals surface area contributed by atoms with Crippen LogP contribution in [-0.4, -0.2) is 17.1 Å². The van der Waals surface area contributed by atoms with Gasteiger partial charge in [0.25, 0.3) is 0 Å². The molecule has 1 N–H and O–H groups in total. The number of hydrogen-bond acceptors (Lipinski definition) is 3. The summed E-state index contributed by atoms with van der Waals surface area (Å²) in [4.78, 5) is 6.98. The van der Waals surface area contributed by atoms with Gasteiger partial charge < -0.3 is 9.72 Å². The van der Waals surface area contributed by atoms with Crippen LogP contribution in [0, 0.1) is 11.6 Å². The minimum absolute atomic E-state index is 0.697. The van der Waals surface area contributed by atoms with Gasteiger partial charge in [-0.05, 0) is 30.2 Å². The molecular formula is C12H12N2OS. The van der Waals surface area contributed by atoms with Crippen LogP contribution in [0.4, 0.5) is 0 Å². The molecule has 0 aliphatic rings. The molecule has 0 aliphatic heterocycles. The largest absolute Gasteiger partial charge is 0.497 e. The van der Waals surface area contributed by atoms with Gasteiger partial charge >= 0.3 is 0 Å². The van der Waals surface area contributed by atoms with Crippen molar-refractivity contribution in [3.8, 4) is 16.9 Å². The van der Waals surface area contributed by atoms with Crippen LogP contribution in [0.25, 0.3) is 11.1 Å². The van der Waals surface area contributed by atoms with Crippen molar-refractivity contribution in [2.75, 3.05) is 7.11 Å². The van der Waals surface area contributed by atoms with Gasteiger partial charge in [-0.25, -0.2) is 4.98 Å². The second-order valence-electron chi connectivity index (χ2n) is 3.48. The summed E-state index contributed by atoms with van der Waals surface area (Å²) in [5.74, 6) is 0.847. The van der Waals surface area contributed by atoms with E-state index in [4.69, 9.17) is 17.0 Å². The smallest absolute Gasteiger partial charge is 0.119 e. The lowest BCUT2D eigenvalue weighted by Gasteiger charge is -2.07. The molecular weight excluding hydrogens is 220 g/mol. The van der Waals surface area contributed by atoms with Gasteiger partial charge in [-0.2, -0.15) is 0 Å². The van der Waals surface area contributed by atoms with Gasteiger partial charge in [0.2, 0.25) is 0 Å². The number of aryl methyl sites for hydroxylation is 1. The van der Waals surface area contributed by atoms with Crippen molar-refractivity contribution in [2.24, 2.45) is 0 Å². The first-order valence-corrected chi connectivity index (χ1v) is 5.31. The Morgan fingerprint density at radius 2 is 2.12 bits per heavy atom. The molecule has 2 rings (SSSR count). The predicted octanol–water partition coefficient (Wildman–Crippen LogP) is 3.12. The first-order chi connectivity index (χ1) is 7.72. The van der Waals surface area contributed by atoms with Crippen LogP contribution in [0.3, 0.4) is 0 Å². The average Bonchev–Trinajstić information content (AvgIpc) is 2.30. The molecule has 82 valence electrons. The fourth-order valence-corrected chi connectivity index (χ4v) is 1.82. The number of benzene rings is 1. The van der Waals surface area contributed by atoms with Crippen LogP contribution in [0.2, 0.25) is 0 Å². The standard InChI is InChI=1S/C12H12N2OS/c1-8-5-9(15-2)3-4-10(8)11-6-13-7-14-12(11)16/h3-7H,1-2H3,(H,13,14,16). The Bertz CT molecular complexity index is 563. The highest BCUT2D eigenvalue weighted by Crippen LogP contribution is 2.26. The van der Waals surface area contributed by atoms with E-state index in [0.717, 1.165) is 22.4 Å². The summed E-state index contributed by atoms with van der Waals surface area (Å²) in [5, 5.41) is 0. The van der Waals surface area contributed by atoms with Crippen molar-refractivity contribution in [1.82, 2.24) is 9.97 Å². The number of rotatable bonds is 2. The predicted molar refractivity (Wildman–Crippen MR) is 66.1 cm³/mol. The number of aromatic amines is 1. The van der Waals surface area contributed by atoms with Gasteiger partial charge in [0, 0.05) is 11.8 Å². The number of nitrogens with zero attached hydrogens (tertiary/aromatic N) is 1. The zero-order chi connectivity index (χ0) is 11.5. The summed E-state index contributed by atoms with van der Waals surface area (Å²) < 4.78 is 5.86. The van der Waals surface area contributed by atoms with E-state index in [1.807, 2.05) is 25.1 Å². The third kappa shape index (κ3) is 1.97. The Morgan fingerprint density at radius 1 is 1.31 bits per heavy atom. The molecule has 3 nitrogen and oxygen atoms in total. The van der Waals surface area contributed by atoms with E-state index < -0.39 is 0 Å². The topological polar surface area (TPSA) is 37.9 Å². The van der Waals surface area contributed by atoms with Crippen molar-refractivity contribution in [3.63, 3.8) is 0 Å².